The molecular weight excluding hydrogens is 162 g/mol. The zero-order valence-corrected chi connectivity index (χ0v) is 7.99. The van der Waals surface area contributed by atoms with E-state index in [1.54, 1.807) is 0 Å². The van der Waals surface area contributed by atoms with E-state index in [4.69, 9.17) is 16.1 Å². The van der Waals surface area contributed by atoms with Gasteiger partial charge in [0.1, 0.15) is 5.76 Å². The summed E-state index contributed by atoms with van der Waals surface area (Å²) in [5.74, 6) is 0.863. The highest BCUT2D eigenvalue weighted by molar-refractivity contribution is 6.30. The second-order valence-corrected chi connectivity index (χ2v) is 4.04. The number of nitrogens with zero attached hydrogens (tertiary/aromatic N) is 1. The minimum absolute atomic E-state index is 0.00970. The van der Waals surface area contributed by atoms with Crippen molar-refractivity contribution in [2.75, 3.05) is 0 Å². The molecule has 0 aliphatic heterocycles. The first-order valence-corrected chi connectivity index (χ1v) is 3.93. The van der Waals surface area contributed by atoms with Crippen molar-refractivity contribution in [2.24, 2.45) is 0 Å². The van der Waals surface area contributed by atoms with Gasteiger partial charge in [0.25, 0.3) is 0 Å². The fraction of sp³-hybridized carbons (Fsp3) is 0.625. The van der Waals surface area contributed by atoms with Crippen LogP contribution in [0.2, 0.25) is 5.15 Å². The van der Waals surface area contributed by atoms with Crippen molar-refractivity contribution < 1.29 is 4.52 Å². The van der Waals surface area contributed by atoms with Gasteiger partial charge in [-0.15, -0.1) is 0 Å². The van der Waals surface area contributed by atoms with Crippen LogP contribution in [0.15, 0.2) is 4.52 Å². The predicted molar refractivity (Wildman–Crippen MR) is 45.0 cm³/mol. The van der Waals surface area contributed by atoms with Crippen LogP contribution >= 0.6 is 11.6 Å². The van der Waals surface area contributed by atoms with Crippen LogP contribution in [-0.2, 0) is 5.41 Å². The molecule has 0 spiro atoms. The van der Waals surface area contributed by atoms with Crippen LogP contribution in [0.4, 0.5) is 0 Å². The van der Waals surface area contributed by atoms with Crippen molar-refractivity contribution in [3.05, 3.63) is 16.5 Å². The summed E-state index contributed by atoms with van der Waals surface area (Å²) in [5, 5.41) is 4.14. The summed E-state index contributed by atoms with van der Waals surface area (Å²) in [4.78, 5) is 0. The maximum atomic E-state index is 5.73. The van der Waals surface area contributed by atoms with Crippen molar-refractivity contribution in [2.45, 2.75) is 33.1 Å². The maximum absolute atomic E-state index is 5.73. The minimum atomic E-state index is -0.00970. The number of hydrogen-bond acceptors (Lipinski definition) is 2. The Morgan fingerprint density at radius 1 is 1.36 bits per heavy atom. The average Bonchev–Trinajstić information content (AvgIpc) is 2.11. The Hall–Kier alpha value is -0.500. The molecule has 0 fully saturated rings. The minimum Gasteiger partial charge on any atom is -0.359 e. The SMILES string of the molecule is Cc1c(Cl)noc1C(C)(C)C. The molecule has 2 nitrogen and oxygen atoms in total. The van der Waals surface area contributed by atoms with Gasteiger partial charge in [-0.2, -0.15) is 0 Å². The summed E-state index contributed by atoms with van der Waals surface area (Å²) >= 11 is 5.73. The van der Waals surface area contributed by atoms with Gasteiger partial charge in [-0.25, -0.2) is 0 Å². The topological polar surface area (TPSA) is 26.0 Å². The summed E-state index contributed by atoms with van der Waals surface area (Å²) in [7, 11) is 0. The summed E-state index contributed by atoms with van der Waals surface area (Å²) in [6.45, 7) is 8.12. The van der Waals surface area contributed by atoms with E-state index >= 15 is 0 Å². The normalized spacial score (nSPS) is 12.1. The standard InChI is InChI=1S/C8H12ClNO/c1-5-6(8(2,3)4)11-10-7(5)9/h1-4H3. The van der Waals surface area contributed by atoms with E-state index in [0.717, 1.165) is 11.3 Å². The first-order chi connectivity index (χ1) is 4.93. The van der Waals surface area contributed by atoms with E-state index in [0.29, 0.717) is 5.15 Å². The van der Waals surface area contributed by atoms with Crippen LogP contribution in [0.3, 0.4) is 0 Å². The summed E-state index contributed by atoms with van der Waals surface area (Å²) in [6.07, 6.45) is 0. The maximum Gasteiger partial charge on any atom is 0.175 e. The molecule has 0 bridgehead atoms. The zero-order chi connectivity index (χ0) is 8.65. The van der Waals surface area contributed by atoms with Crippen LogP contribution in [0.25, 0.3) is 0 Å². The van der Waals surface area contributed by atoms with Crippen LogP contribution in [0.1, 0.15) is 32.1 Å². The fourth-order valence-corrected chi connectivity index (χ4v) is 1.14. The molecule has 1 aromatic heterocycles. The highest BCUT2D eigenvalue weighted by atomic mass is 35.5. The van der Waals surface area contributed by atoms with Gasteiger partial charge in [0.15, 0.2) is 5.15 Å². The highest BCUT2D eigenvalue weighted by Gasteiger charge is 2.23. The van der Waals surface area contributed by atoms with Crippen molar-refractivity contribution in [1.29, 1.82) is 0 Å². The lowest BCUT2D eigenvalue weighted by molar-refractivity contribution is 0.328. The van der Waals surface area contributed by atoms with E-state index in [1.807, 2.05) is 6.92 Å². The predicted octanol–water partition coefficient (Wildman–Crippen LogP) is 2.93. The van der Waals surface area contributed by atoms with E-state index < -0.39 is 0 Å². The lowest BCUT2D eigenvalue weighted by Gasteiger charge is -2.14. The molecule has 0 aromatic carbocycles. The van der Waals surface area contributed by atoms with Crippen LogP contribution in [-0.4, -0.2) is 5.16 Å². The van der Waals surface area contributed by atoms with Crippen molar-refractivity contribution in [3.8, 4) is 0 Å². The molecule has 62 valence electrons. The number of halogens is 1. The van der Waals surface area contributed by atoms with Gasteiger partial charge in [0.05, 0.1) is 0 Å². The molecule has 0 N–H and O–H groups in total. The Morgan fingerprint density at radius 2 is 1.91 bits per heavy atom. The van der Waals surface area contributed by atoms with E-state index in [-0.39, 0.29) is 5.41 Å². The Balaban J connectivity index is 3.15. The Labute approximate surface area is 71.5 Å². The quantitative estimate of drug-likeness (QED) is 0.603. The van der Waals surface area contributed by atoms with Gasteiger partial charge in [-0.05, 0) is 6.92 Å². The largest absolute Gasteiger partial charge is 0.359 e. The average molecular weight is 174 g/mol. The Kier molecular flexibility index (Phi) is 1.97. The highest BCUT2D eigenvalue weighted by Crippen LogP contribution is 2.28. The summed E-state index contributed by atoms with van der Waals surface area (Å²) < 4.78 is 5.08. The Bertz CT molecular complexity index is 260. The molecule has 0 unspecified atom stereocenters. The molecule has 0 amide bonds. The van der Waals surface area contributed by atoms with Gasteiger partial charge in [-0.1, -0.05) is 37.5 Å². The second-order valence-electron chi connectivity index (χ2n) is 3.68. The molecule has 0 saturated heterocycles. The molecule has 0 saturated carbocycles. The lowest BCUT2D eigenvalue weighted by atomic mass is 9.91. The summed E-state index contributed by atoms with van der Waals surface area (Å²) in [5.41, 5.74) is 0.934. The van der Waals surface area contributed by atoms with Gasteiger partial charge in [-0.3, -0.25) is 0 Å². The number of aromatic nitrogens is 1. The molecule has 1 rings (SSSR count). The van der Waals surface area contributed by atoms with Gasteiger partial charge in [0, 0.05) is 11.0 Å². The van der Waals surface area contributed by atoms with Crippen LogP contribution in [0, 0.1) is 6.92 Å². The summed E-state index contributed by atoms with van der Waals surface area (Å²) in [6, 6.07) is 0. The second kappa shape index (κ2) is 2.52. The van der Waals surface area contributed by atoms with E-state index in [9.17, 15) is 0 Å². The van der Waals surface area contributed by atoms with Gasteiger partial charge < -0.3 is 4.52 Å². The zero-order valence-electron chi connectivity index (χ0n) is 7.23. The van der Waals surface area contributed by atoms with Gasteiger partial charge >= 0.3 is 0 Å². The third-order valence-electron chi connectivity index (χ3n) is 1.55. The van der Waals surface area contributed by atoms with Crippen molar-refractivity contribution >= 4 is 11.6 Å². The Morgan fingerprint density at radius 3 is 2.09 bits per heavy atom. The lowest BCUT2D eigenvalue weighted by Crippen LogP contribution is -2.10. The fourth-order valence-electron chi connectivity index (χ4n) is 1.02. The molecule has 1 aromatic rings. The third kappa shape index (κ3) is 1.56. The molecule has 0 aliphatic carbocycles. The first kappa shape index (κ1) is 8.60. The molecule has 0 aliphatic rings. The molecular formula is C8H12ClNO. The molecule has 0 radical (unpaired) electrons. The van der Waals surface area contributed by atoms with Crippen LogP contribution in [0.5, 0.6) is 0 Å². The molecule has 0 atom stereocenters. The molecule has 11 heavy (non-hydrogen) atoms. The monoisotopic (exact) mass is 173 g/mol. The smallest absolute Gasteiger partial charge is 0.175 e. The third-order valence-corrected chi connectivity index (χ3v) is 1.90. The van der Waals surface area contributed by atoms with Crippen molar-refractivity contribution in [3.63, 3.8) is 0 Å². The van der Waals surface area contributed by atoms with E-state index in [2.05, 4.69) is 25.9 Å². The van der Waals surface area contributed by atoms with Gasteiger partial charge in [0.2, 0.25) is 0 Å². The number of rotatable bonds is 0. The van der Waals surface area contributed by atoms with E-state index in [1.165, 1.54) is 0 Å². The first-order valence-electron chi connectivity index (χ1n) is 3.55. The molecule has 1 heterocycles. The van der Waals surface area contributed by atoms with Crippen molar-refractivity contribution in [1.82, 2.24) is 5.16 Å². The van der Waals surface area contributed by atoms with Crippen LogP contribution < -0.4 is 0 Å². The number of hydrogen-bond donors (Lipinski definition) is 0. The molecule has 3 heteroatoms.